The molecule has 2 rings (SSSR count). The summed E-state index contributed by atoms with van der Waals surface area (Å²) in [6.45, 7) is 2.12. The second kappa shape index (κ2) is 4.08. The van der Waals surface area contributed by atoms with Crippen molar-refractivity contribution in [2.24, 2.45) is 0 Å². The lowest BCUT2D eigenvalue weighted by atomic mass is 10.3. The Balaban J connectivity index is 2.36. The van der Waals surface area contributed by atoms with E-state index in [4.69, 9.17) is 5.73 Å². The number of hydrogen-bond acceptors (Lipinski definition) is 4. The SMILES string of the molecule is CCCC=Cc1nc(N)c2[nH]cnc2n1. The Morgan fingerprint density at radius 3 is 3.13 bits per heavy atom. The van der Waals surface area contributed by atoms with Gasteiger partial charge in [0.25, 0.3) is 0 Å². The molecule has 0 fully saturated rings. The highest BCUT2D eigenvalue weighted by atomic mass is 15.0. The van der Waals surface area contributed by atoms with Gasteiger partial charge in [-0.05, 0) is 12.5 Å². The molecule has 0 aliphatic carbocycles. The Hall–Kier alpha value is -1.91. The normalized spacial score (nSPS) is 11.5. The number of fused-ring (bicyclic) bond motifs is 1. The van der Waals surface area contributed by atoms with Gasteiger partial charge in [0.15, 0.2) is 17.3 Å². The fourth-order valence-corrected chi connectivity index (χ4v) is 1.30. The van der Waals surface area contributed by atoms with Crippen LogP contribution in [0.3, 0.4) is 0 Å². The average Bonchev–Trinajstić information content (AvgIpc) is 2.66. The van der Waals surface area contributed by atoms with Crippen molar-refractivity contribution in [3.8, 4) is 0 Å². The van der Waals surface area contributed by atoms with Crippen LogP contribution < -0.4 is 5.73 Å². The number of nitrogens with one attached hydrogen (secondary N) is 1. The minimum atomic E-state index is 0.439. The van der Waals surface area contributed by atoms with Crippen LogP contribution in [-0.2, 0) is 0 Å². The lowest BCUT2D eigenvalue weighted by Gasteiger charge is -1.96. The molecule has 0 atom stereocenters. The zero-order valence-corrected chi connectivity index (χ0v) is 8.57. The van der Waals surface area contributed by atoms with E-state index in [2.05, 4.69) is 26.9 Å². The Morgan fingerprint density at radius 1 is 1.47 bits per heavy atom. The van der Waals surface area contributed by atoms with Gasteiger partial charge in [0, 0.05) is 0 Å². The summed E-state index contributed by atoms with van der Waals surface area (Å²) in [5.74, 6) is 1.05. The fraction of sp³-hybridized carbons (Fsp3) is 0.300. The van der Waals surface area contributed by atoms with E-state index in [0.29, 0.717) is 22.8 Å². The molecule has 2 aromatic rings. The van der Waals surface area contributed by atoms with Crippen molar-refractivity contribution in [2.45, 2.75) is 19.8 Å². The fourth-order valence-electron chi connectivity index (χ4n) is 1.30. The van der Waals surface area contributed by atoms with Gasteiger partial charge in [-0.3, -0.25) is 0 Å². The molecule has 0 unspecified atom stereocenters. The number of nitrogens with two attached hydrogens (primary N) is 1. The molecule has 5 nitrogen and oxygen atoms in total. The molecule has 0 saturated heterocycles. The van der Waals surface area contributed by atoms with Crippen LogP contribution in [0.1, 0.15) is 25.6 Å². The standard InChI is InChI=1S/C10H13N5/c1-2-3-4-5-7-14-9(11)8-10(15-7)13-6-12-8/h4-6H,2-3H2,1H3,(H3,11,12,13,14,15). The van der Waals surface area contributed by atoms with Gasteiger partial charge in [-0.2, -0.15) is 0 Å². The third kappa shape index (κ3) is 1.96. The van der Waals surface area contributed by atoms with Crippen molar-refractivity contribution in [2.75, 3.05) is 5.73 Å². The summed E-state index contributed by atoms with van der Waals surface area (Å²) < 4.78 is 0. The molecule has 0 bridgehead atoms. The number of aromatic amines is 1. The van der Waals surface area contributed by atoms with Gasteiger partial charge in [0.1, 0.15) is 5.52 Å². The van der Waals surface area contributed by atoms with Crippen molar-refractivity contribution in [3.05, 3.63) is 18.2 Å². The molecule has 15 heavy (non-hydrogen) atoms. The maximum atomic E-state index is 5.75. The highest BCUT2D eigenvalue weighted by Crippen LogP contribution is 2.13. The number of unbranched alkanes of at least 4 members (excludes halogenated alkanes) is 1. The maximum absolute atomic E-state index is 5.75. The Morgan fingerprint density at radius 2 is 2.33 bits per heavy atom. The quantitative estimate of drug-likeness (QED) is 0.796. The second-order valence-electron chi connectivity index (χ2n) is 3.26. The van der Waals surface area contributed by atoms with Crippen LogP contribution in [-0.4, -0.2) is 19.9 Å². The number of anilines is 1. The van der Waals surface area contributed by atoms with E-state index >= 15 is 0 Å². The molecule has 0 aromatic carbocycles. The summed E-state index contributed by atoms with van der Waals surface area (Å²) in [6.07, 6.45) is 7.59. The first kappa shape index (κ1) is 9.64. The van der Waals surface area contributed by atoms with Gasteiger partial charge in [-0.15, -0.1) is 0 Å². The molecule has 0 aliphatic heterocycles. The van der Waals surface area contributed by atoms with Gasteiger partial charge in [-0.25, -0.2) is 15.0 Å². The number of hydrogen-bond donors (Lipinski definition) is 2. The zero-order chi connectivity index (χ0) is 10.7. The molecule has 78 valence electrons. The third-order valence-corrected chi connectivity index (χ3v) is 2.05. The van der Waals surface area contributed by atoms with E-state index in [1.165, 1.54) is 0 Å². The number of rotatable bonds is 3. The predicted molar refractivity (Wildman–Crippen MR) is 60.0 cm³/mol. The van der Waals surface area contributed by atoms with Crippen molar-refractivity contribution in [1.29, 1.82) is 0 Å². The van der Waals surface area contributed by atoms with Crippen LogP contribution in [0.4, 0.5) is 5.82 Å². The molecule has 2 aromatic heterocycles. The molecule has 5 heteroatoms. The maximum Gasteiger partial charge on any atom is 0.183 e. The number of nitrogens with zero attached hydrogens (tertiary/aromatic N) is 3. The van der Waals surface area contributed by atoms with Gasteiger partial charge in [-0.1, -0.05) is 19.4 Å². The summed E-state index contributed by atoms with van der Waals surface area (Å²) in [6, 6.07) is 0. The molecule has 0 saturated carbocycles. The van der Waals surface area contributed by atoms with Gasteiger partial charge in [0.2, 0.25) is 0 Å². The monoisotopic (exact) mass is 203 g/mol. The van der Waals surface area contributed by atoms with Crippen LogP contribution in [0.25, 0.3) is 17.2 Å². The molecule has 0 radical (unpaired) electrons. The Bertz CT molecular complexity index is 486. The zero-order valence-electron chi connectivity index (χ0n) is 8.57. The van der Waals surface area contributed by atoms with Gasteiger partial charge in [0.05, 0.1) is 6.33 Å². The summed E-state index contributed by atoms with van der Waals surface area (Å²) in [5.41, 5.74) is 7.06. The van der Waals surface area contributed by atoms with Crippen molar-refractivity contribution >= 4 is 23.1 Å². The van der Waals surface area contributed by atoms with E-state index in [1.807, 2.05) is 12.2 Å². The van der Waals surface area contributed by atoms with E-state index in [-0.39, 0.29) is 0 Å². The van der Waals surface area contributed by atoms with Crippen LogP contribution in [0, 0.1) is 0 Å². The van der Waals surface area contributed by atoms with Crippen LogP contribution in [0.2, 0.25) is 0 Å². The van der Waals surface area contributed by atoms with E-state index < -0.39 is 0 Å². The molecule has 0 aliphatic rings. The largest absolute Gasteiger partial charge is 0.382 e. The summed E-state index contributed by atoms with van der Waals surface area (Å²) in [4.78, 5) is 15.3. The summed E-state index contributed by atoms with van der Waals surface area (Å²) >= 11 is 0. The number of aromatic nitrogens is 4. The number of allylic oxidation sites excluding steroid dienone is 1. The Labute approximate surface area is 87.5 Å². The average molecular weight is 203 g/mol. The minimum absolute atomic E-state index is 0.439. The molecule has 2 heterocycles. The first-order valence-corrected chi connectivity index (χ1v) is 4.94. The van der Waals surface area contributed by atoms with Gasteiger partial charge >= 0.3 is 0 Å². The number of imidazole rings is 1. The van der Waals surface area contributed by atoms with E-state index in [9.17, 15) is 0 Å². The van der Waals surface area contributed by atoms with Crippen LogP contribution in [0.5, 0.6) is 0 Å². The Kier molecular flexibility index (Phi) is 2.62. The topological polar surface area (TPSA) is 80.5 Å². The van der Waals surface area contributed by atoms with Crippen LogP contribution >= 0.6 is 0 Å². The van der Waals surface area contributed by atoms with Gasteiger partial charge < -0.3 is 10.7 Å². The summed E-state index contributed by atoms with van der Waals surface area (Å²) in [7, 11) is 0. The first-order chi connectivity index (χ1) is 7.31. The number of H-pyrrole nitrogens is 1. The highest BCUT2D eigenvalue weighted by molar-refractivity contribution is 5.81. The lowest BCUT2D eigenvalue weighted by molar-refractivity contribution is 0.961. The minimum Gasteiger partial charge on any atom is -0.382 e. The molecule has 0 amide bonds. The van der Waals surface area contributed by atoms with Crippen LogP contribution in [0.15, 0.2) is 12.4 Å². The molecular weight excluding hydrogens is 190 g/mol. The second-order valence-corrected chi connectivity index (χ2v) is 3.26. The van der Waals surface area contributed by atoms with E-state index in [1.54, 1.807) is 6.33 Å². The predicted octanol–water partition coefficient (Wildman–Crippen LogP) is 1.75. The van der Waals surface area contributed by atoms with Crippen molar-refractivity contribution < 1.29 is 0 Å². The molecule has 3 N–H and O–H groups in total. The summed E-state index contributed by atoms with van der Waals surface area (Å²) in [5, 5.41) is 0. The smallest absolute Gasteiger partial charge is 0.183 e. The highest BCUT2D eigenvalue weighted by Gasteiger charge is 2.04. The third-order valence-electron chi connectivity index (χ3n) is 2.05. The van der Waals surface area contributed by atoms with E-state index in [0.717, 1.165) is 12.8 Å². The lowest BCUT2D eigenvalue weighted by Crippen LogP contribution is -1.96. The molecule has 0 spiro atoms. The number of nitrogen functional groups attached to an aromatic ring is 1. The first-order valence-electron chi connectivity index (χ1n) is 4.94. The van der Waals surface area contributed by atoms with Crippen molar-refractivity contribution in [3.63, 3.8) is 0 Å². The molecular formula is C10H13N5. The van der Waals surface area contributed by atoms with Crippen molar-refractivity contribution in [1.82, 2.24) is 19.9 Å².